The van der Waals surface area contributed by atoms with E-state index in [1.54, 1.807) is 24.3 Å². The third kappa shape index (κ3) is 7.20. The molecule has 0 saturated heterocycles. The molecule has 8 nitrogen and oxygen atoms in total. The molecule has 1 heterocycles. The topological polar surface area (TPSA) is 128 Å². The predicted molar refractivity (Wildman–Crippen MR) is 149 cm³/mol. The number of nitrogens with zero attached hydrogens (tertiary/aromatic N) is 1. The number of rotatable bonds is 9. The Bertz CT molecular complexity index is 1730. The summed E-state index contributed by atoms with van der Waals surface area (Å²) in [5, 5.41) is 19.8. The standard InChI is InChI=1S/C28H23Cl2FN2O6S/c29-21-13-23(30)27(36)24(14-21)40(38,39)9-8-17-2-1-3-19(10-17)16-33(15-18-4-6-22(31)7-5-18)28(37)20-11-25(34)32-26(35)12-20/h1-7,10-14,36H,8-9,15-16H2,(H2,32,34,35). The summed E-state index contributed by atoms with van der Waals surface area (Å²) in [4.78, 5) is 28.4. The fourth-order valence-electron chi connectivity index (χ4n) is 4.09. The van der Waals surface area contributed by atoms with Crippen LogP contribution in [0.2, 0.25) is 10.0 Å². The highest BCUT2D eigenvalue weighted by molar-refractivity contribution is 7.91. The van der Waals surface area contributed by atoms with Gasteiger partial charge in [-0.05, 0) is 47.4 Å². The zero-order chi connectivity index (χ0) is 29.0. The number of H-pyrrole nitrogens is 1. The fraction of sp³-hybridized carbons (Fsp3) is 0.143. The summed E-state index contributed by atoms with van der Waals surface area (Å²) in [6, 6.07) is 17.1. The second-order valence-electron chi connectivity index (χ2n) is 9.03. The Morgan fingerprint density at radius 3 is 2.27 bits per heavy atom. The van der Waals surface area contributed by atoms with Crippen LogP contribution >= 0.6 is 23.2 Å². The number of nitrogens with one attached hydrogen (secondary N) is 1. The van der Waals surface area contributed by atoms with Gasteiger partial charge in [0.25, 0.3) is 11.5 Å². The van der Waals surface area contributed by atoms with Crippen LogP contribution in [-0.2, 0) is 29.3 Å². The summed E-state index contributed by atoms with van der Waals surface area (Å²) in [6.45, 7) is 0.134. The summed E-state index contributed by atoms with van der Waals surface area (Å²) in [5.74, 6) is -2.36. The highest BCUT2D eigenvalue weighted by Gasteiger charge is 2.22. The first kappa shape index (κ1) is 29.1. The van der Waals surface area contributed by atoms with Gasteiger partial charge in [-0.25, -0.2) is 12.8 Å². The van der Waals surface area contributed by atoms with Crippen LogP contribution in [0, 0.1) is 5.82 Å². The number of amides is 1. The largest absolute Gasteiger partial charge is 0.505 e. The maximum absolute atomic E-state index is 13.4. The Morgan fingerprint density at radius 1 is 0.900 bits per heavy atom. The molecule has 0 unspecified atom stereocenters. The van der Waals surface area contributed by atoms with Crippen molar-refractivity contribution in [2.24, 2.45) is 0 Å². The molecular weight excluding hydrogens is 582 g/mol. The number of aromatic hydroxyl groups is 2. The van der Waals surface area contributed by atoms with E-state index >= 15 is 0 Å². The molecule has 0 fully saturated rings. The number of phenols is 1. The number of aromatic nitrogens is 1. The Balaban J connectivity index is 1.57. The van der Waals surface area contributed by atoms with E-state index in [4.69, 9.17) is 23.2 Å². The number of halogens is 3. The third-order valence-corrected chi connectivity index (χ3v) is 8.23. The molecule has 0 atom stereocenters. The van der Waals surface area contributed by atoms with Gasteiger partial charge in [-0.3, -0.25) is 14.6 Å². The SMILES string of the molecule is O=C(c1cc(O)[nH]c(=O)c1)N(Cc1ccc(F)cc1)Cc1cccc(CCS(=O)(=O)c2cc(Cl)cc(Cl)c2O)c1. The van der Waals surface area contributed by atoms with Crippen LogP contribution in [-0.4, -0.2) is 40.2 Å². The van der Waals surface area contributed by atoms with Gasteiger partial charge in [-0.2, -0.15) is 0 Å². The van der Waals surface area contributed by atoms with E-state index in [2.05, 4.69) is 4.98 Å². The second kappa shape index (κ2) is 12.1. The number of benzene rings is 3. The van der Waals surface area contributed by atoms with Gasteiger partial charge < -0.3 is 15.1 Å². The number of aryl methyl sites for hydroxylation is 1. The molecule has 1 aromatic heterocycles. The van der Waals surface area contributed by atoms with Gasteiger partial charge in [0.1, 0.15) is 10.7 Å². The molecule has 12 heteroatoms. The lowest BCUT2D eigenvalue weighted by Crippen LogP contribution is -2.31. The first-order valence-electron chi connectivity index (χ1n) is 11.9. The van der Waals surface area contributed by atoms with Crippen LogP contribution < -0.4 is 5.56 Å². The minimum absolute atomic E-state index is 0.0365. The number of sulfone groups is 1. The summed E-state index contributed by atoms with van der Waals surface area (Å²) in [7, 11) is -3.94. The van der Waals surface area contributed by atoms with Gasteiger partial charge in [0.05, 0.1) is 16.3 Å². The first-order valence-corrected chi connectivity index (χ1v) is 14.3. The lowest BCUT2D eigenvalue weighted by molar-refractivity contribution is 0.0729. The van der Waals surface area contributed by atoms with Crippen molar-refractivity contribution in [2.45, 2.75) is 24.4 Å². The summed E-state index contributed by atoms with van der Waals surface area (Å²) < 4.78 is 39.3. The van der Waals surface area contributed by atoms with E-state index in [0.29, 0.717) is 16.7 Å². The van der Waals surface area contributed by atoms with Crippen molar-refractivity contribution in [3.63, 3.8) is 0 Å². The van der Waals surface area contributed by atoms with Crippen molar-refractivity contribution in [2.75, 3.05) is 5.75 Å². The van der Waals surface area contributed by atoms with Gasteiger partial charge in [-0.1, -0.05) is 59.6 Å². The predicted octanol–water partition coefficient (Wildman–Crippen LogP) is 5.09. The van der Waals surface area contributed by atoms with Crippen molar-refractivity contribution in [3.05, 3.63) is 121 Å². The van der Waals surface area contributed by atoms with Gasteiger partial charge in [0, 0.05) is 30.2 Å². The van der Waals surface area contributed by atoms with Crippen LogP contribution in [0.25, 0.3) is 0 Å². The first-order chi connectivity index (χ1) is 18.9. The molecule has 0 aliphatic heterocycles. The molecule has 40 heavy (non-hydrogen) atoms. The Labute approximate surface area is 239 Å². The Morgan fingerprint density at radius 2 is 1.57 bits per heavy atom. The zero-order valence-corrected chi connectivity index (χ0v) is 23.1. The quantitative estimate of drug-likeness (QED) is 0.244. The van der Waals surface area contributed by atoms with Gasteiger partial charge in [0.2, 0.25) is 0 Å². The molecule has 4 rings (SSSR count). The van der Waals surface area contributed by atoms with Crippen molar-refractivity contribution in [1.29, 1.82) is 0 Å². The third-order valence-electron chi connectivity index (χ3n) is 6.00. The monoisotopic (exact) mass is 604 g/mol. The molecule has 208 valence electrons. The maximum atomic E-state index is 13.4. The lowest BCUT2D eigenvalue weighted by atomic mass is 10.1. The van der Waals surface area contributed by atoms with E-state index in [9.17, 15) is 32.6 Å². The average molecular weight is 605 g/mol. The van der Waals surface area contributed by atoms with Crippen molar-refractivity contribution >= 4 is 38.9 Å². The van der Waals surface area contributed by atoms with E-state index in [1.807, 2.05) is 0 Å². The van der Waals surface area contributed by atoms with Crippen LogP contribution in [0.15, 0.2) is 82.5 Å². The summed E-state index contributed by atoms with van der Waals surface area (Å²) >= 11 is 11.8. The summed E-state index contributed by atoms with van der Waals surface area (Å²) in [5.41, 5.74) is 1.25. The maximum Gasteiger partial charge on any atom is 0.254 e. The van der Waals surface area contributed by atoms with Crippen LogP contribution in [0.5, 0.6) is 11.6 Å². The zero-order valence-electron chi connectivity index (χ0n) is 20.8. The van der Waals surface area contributed by atoms with E-state index in [-0.39, 0.29) is 45.8 Å². The van der Waals surface area contributed by atoms with Crippen molar-refractivity contribution in [1.82, 2.24) is 9.88 Å². The molecule has 0 radical (unpaired) electrons. The Hall–Kier alpha value is -3.86. The highest BCUT2D eigenvalue weighted by Crippen LogP contribution is 2.35. The number of carbonyl (C=O) groups is 1. The Kier molecular flexibility index (Phi) is 8.82. The minimum Gasteiger partial charge on any atom is -0.505 e. The van der Waals surface area contributed by atoms with E-state index in [1.165, 1.54) is 35.2 Å². The molecule has 0 bridgehead atoms. The molecule has 0 aliphatic carbocycles. The van der Waals surface area contributed by atoms with Crippen LogP contribution in [0.3, 0.4) is 0 Å². The fourth-order valence-corrected chi connectivity index (χ4v) is 6.14. The molecule has 3 N–H and O–H groups in total. The number of hydrogen-bond acceptors (Lipinski definition) is 6. The minimum atomic E-state index is -3.94. The molecule has 0 spiro atoms. The number of hydrogen-bond donors (Lipinski definition) is 3. The highest BCUT2D eigenvalue weighted by atomic mass is 35.5. The normalized spacial score (nSPS) is 11.4. The molecule has 4 aromatic rings. The van der Waals surface area contributed by atoms with Gasteiger partial charge in [0.15, 0.2) is 21.5 Å². The average Bonchev–Trinajstić information content (AvgIpc) is 2.89. The van der Waals surface area contributed by atoms with E-state index in [0.717, 1.165) is 18.2 Å². The second-order valence-corrected chi connectivity index (χ2v) is 12.0. The number of phenolic OH excluding ortho intramolecular Hbond substituents is 1. The molecule has 1 amide bonds. The smallest absolute Gasteiger partial charge is 0.254 e. The molecule has 0 saturated carbocycles. The van der Waals surface area contributed by atoms with Crippen molar-refractivity contribution < 1.29 is 27.8 Å². The number of pyridine rings is 1. The molecule has 3 aromatic carbocycles. The van der Waals surface area contributed by atoms with Crippen LogP contribution in [0.1, 0.15) is 27.0 Å². The van der Waals surface area contributed by atoms with Crippen LogP contribution in [0.4, 0.5) is 4.39 Å². The van der Waals surface area contributed by atoms with Gasteiger partial charge >= 0.3 is 0 Å². The number of aromatic amines is 1. The lowest BCUT2D eigenvalue weighted by Gasteiger charge is -2.23. The van der Waals surface area contributed by atoms with E-state index < -0.39 is 38.8 Å². The van der Waals surface area contributed by atoms with Crippen molar-refractivity contribution in [3.8, 4) is 11.6 Å². The molecule has 0 aliphatic rings. The number of carbonyl (C=O) groups excluding carboxylic acids is 1. The van der Waals surface area contributed by atoms with Gasteiger partial charge in [-0.15, -0.1) is 0 Å². The molecular formula is C28H23Cl2FN2O6S. The summed E-state index contributed by atoms with van der Waals surface area (Å²) in [6.07, 6.45) is 0.0909.